The number of carbonyl (C=O) groups excluding carboxylic acids is 2. The molecule has 0 aromatic heterocycles. The number of nitrogens with one attached hydrogen (secondary N) is 1. The Balaban J connectivity index is 0.00000180. The van der Waals surface area contributed by atoms with Crippen LogP contribution in [0.25, 0.3) is 0 Å². The number of nitrogens with two attached hydrogens (primary N) is 1. The Morgan fingerprint density at radius 3 is 2.68 bits per heavy atom. The SMILES string of the molecule is C[C@@H]1CNCCN1C(=O)c1cccc(C(N)=O)c1.Cl. The van der Waals surface area contributed by atoms with E-state index in [1.165, 1.54) is 0 Å². The third kappa shape index (κ3) is 3.45. The zero-order valence-electron chi connectivity index (χ0n) is 10.8. The molecule has 0 saturated carbocycles. The van der Waals surface area contributed by atoms with Gasteiger partial charge in [0.2, 0.25) is 5.91 Å². The zero-order chi connectivity index (χ0) is 13.1. The van der Waals surface area contributed by atoms with Gasteiger partial charge in [-0.15, -0.1) is 12.4 Å². The van der Waals surface area contributed by atoms with Crippen molar-refractivity contribution in [3.8, 4) is 0 Å². The molecule has 1 aromatic rings. The molecule has 2 amide bonds. The van der Waals surface area contributed by atoms with E-state index in [4.69, 9.17) is 5.73 Å². The van der Waals surface area contributed by atoms with Crippen molar-refractivity contribution in [2.75, 3.05) is 19.6 Å². The van der Waals surface area contributed by atoms with Crippen LogP contribution in [-0.4, -0.2) is 42.4 Å². The minimum atomic E-state index is -0.516. The molecular weight excluding hydrogens is 266 g/mol. The summed E-state index contributed by atoms with van der Waals surface area (Å²) in [6.07, 6.45) is 0. The molecule has 19 heavy (non-hydrogen) atoms. The summed E-state index contributed by atoms with van der Waals surface area (Å²) in [5.41, 5.74) is 6.09. The lowest BCUT2D eigenvalue weighted by Gasteiger charge is -2.34. The monoisotopic (exact) mass is 283 g/mol. The highest BCUT2D eigenvalue weighted by Gasteiger charge is 2.24. The van der Waals surface area contributed by atoms with Gasteiger partial charge in [0.05, 0.1) is 0 Å². The number of carbonyl (C=O) groups is 2. The Labute approximate surface area is 118 Å². The number of rotatable bonds is 2. The predicted molar refractivity (Wildman–Crippen MR) is 75.6 cm³/mol. The van der Waals surface area contributed by atoms with E-state index in [9.17, 15) is 9.59 Å². The molecule has 1 aromatic carbocycles. The van der Waals surface area contributed by atoms with Crippen molar-refractivity contribution in [1.29, 1.82) is 0 Å². The van der Waals surface area contributed by atoms with Gasteiger partial charge in [0.1, 0.15) is 0 Å². The molecule has 1 aliphatic heterocycles. The average Bonchev–Trinajstić information content (AvgIpc) is 2.38. The van der Waals surface area contributed by atoms with E-state index in [1.54, 1.807) is 24.3 Å². The van der Waals surface area contributed by atoms with Crippen LogP contribution in [0.3, 0.4) is 0 Å². The molecular formula is C13H18ClN3O2. The van der Waals surface area contributed by atoms with E-state index in [0.717, 1.165) is 13.1 Å². The van der Waals surface area contributed by atoms with Crippen LogP contribution in [-0.2, 0) is 0 Å². The first kappa shape index (κ1) is 15.5. The second kappa shape index (κ2) is 6.54. The van der Waals surface area contributed by atoms with Crippen molar-refractivity contribution in [1.82, 2.24) is 10.2 Å². The molecule has 1 saturated heterocycles. The summed E-state index contributed by atoms with van der Waals surface area (Å²) < 4.78 is 0. The topological polar surface area (TPSA) is 75.4 Å². The van der Waals surface area contributed by atoms with Gasteiger partial charge in [-0.1, -0.05) is 6.07 Å². The highest BCUT2D eigenvalue weighted by molar-refractivity contribution is 5.99. The van der Waals surface area contributed by atoms with Gasteiger partial charge in [-0.25, -0.2) is 0 Å². The number of primary amides is 1. The zero-order valence-corrected chi connectivity index (χ0v) is 11.6. The predicted octanol–water partition coefficient (Wildman–Crippen LogP) is 0.641. The molecule has 0 unspecified atom stereocenters. The fraction of sp³-hybridized carbons (Fsp3) is 0.385. The fourth-order valence-electron chi connectivity index (χ4n) is 2.11. The minimum Gasteiger partial charge on any atom is -0.366 e. The highest BCUT2D eigenvalue weighted by atomic mass is 35.5. The molecule has 1 atom stereocenters. The quantitative estimate of drug-likeness (QED) is 0.836. The molecule has 1 aliphatic rings. The van der Waals surface area contributed by atoms with Crippen LogP contribution in [0.2, 0.25) is 0 Å². The second-order valence-electron chi connectivity index (χ2n) is 4.50. The third-order valence-corrected chi connectivity index (χ3v) is 3.16. The summed E-state index contributed by atoms with van der Waals surface area (Å²) in [6.45, 7) is 4.27. The van der Waals surface area contributed by atoms with Crippen LogP contribution in [0.1, 0.15) is 27.6 Å². The molecule has 1 fully saturated rings. The molecule has 104 valence electrons. The number of hydrogen-bond acceptors (Lipinski definition) is 3. The smallest absolute Gasteiger partial charge is 0.254 e. The van der Waals surface area contributed by atoms with E-state index in [-0.39, 0.29) is 24.4 Å². The molecule has 0 aliphatic carbocycles. The van der Waals surface area contributed by atoms with E-state index in [1.807, 2.05) is 11.8 Å². The van der Waals surface area contributed by atoms with E-state index < -0.39 is 5.91 Å². The van der Waals surface area contributed by atoms with Gasteiger partial charge < -0.3 is 16.0 Å². The summed E-state index contributed by atoms with van der Waals surface area (Å²) in [4.78, 5) is 25.3. The Hall–Kier alpha value is -1.59. The summed E-state index contributed by atoms with van der Waals surface area (Å²) in [6, 6.07) is 6.71. The van der Waals surface area contributed by atoms with Crippen LogP contribution >= 0.6 is 12.4 Å². The summed E-state index contributed by atoms with van der Waals surface area (Å²) in [7, 11) is 0. The molecule has 2 rings (SSSR count). The lowest BCUT2D eigenvalue weighted by Crippen LogP contribution is -2.52. The van der Waals surface area contributed by atoms with Crippen molar-refractivity contribution >= 4 is 24.2 Å². The summed E-state index contributed by atoms with van der Waals surface area (Å²) in [5.74, 6) is -0.565. The normalized spacial score (nSPS) is 18.6. The van der Waals surface area contributed by atoms with Gasteiger partial charge in [-0.3, -0.25) is 9.59 Å². The fourth-order valence-corrected chi connectivity index (χ4v) is 2.11. The second-order valence-corrected chi connectivity index (χ2v) is 4.50. The molecule has 3 N–H and O–H groups in total. The van der Waals surface area contributed by atoms with Crippen LogP contribution in [0.15, 0.2) is 24.3 Å². The van der Waals surface area contributed by atoms with Crippen molar-refractivity contribution in [3.63, 3.8) is 0 Å². The van der Waals surface area contributed by atoms with Gasteiger partial charge >= 0.3 is 0 Å². The number of nitrogens with zero attached hydrogens (tertiary/aromatic N) is 1. The molecule has 6 heteroatoms. The third-order valence-electron chi connectivity index (χ3n) is 3.16. The lowest BCUT2D eigenvalue weighted by molar-refractivity contribution is 0.0656. The maximum Gasteiger partial charge on any atom is 0.254 e. The Kier molecular flexibility index (Phi) is 5.32. The Morgan fingerprint density at radius 2 is 2.05 bits per heavy atom. The number of halogens is 1. The van der Waals surface area contributed by atoms with E-state index >= 15 is 0 Å². The first-order valence-corrected chi connectivity index (χ1v) is 6.01. The number of piperazine rings is 1. The summed E-state index contributed by atoms with van der Waals surface area (Å²) >= 11 is 0. The standard InChI is InChI=1S/C13H17N3O2.ClH/c1-9-8-15-5-6-16(9)13(18)11-4-2-3-10(7-11)12(14)17;/h2-4,7,9,15H,5-6,8H2,1H3,(H2,14,17);1H/t9-;/m1./s1. The van der Waals surface area contributed by atoms with Crippen molar-refractivity contribution in [3.05, 3.63) is 35.4 Å². The van der Waals surface area contributed by atoms with Crippen molar-refractivity contribution in [2.24, 2.45) is 5.73 Å². The molecule has 0 radical (unpaired) electrons. The molecule has 1 heterocycles. The largest absolute Gasteiger partial charge is 0.366 e. The van der Waals surface area contributed by atoms with Gasteiger partial charge in [-0.2, -0.15) is 0 Å². The summed E-state index contributed by atoms with van der Waals surface area (Å²) in [5, 5.41) is 3.23. The van der Waals surface area contributed by atoms with Gasteiger partial charge in [0.25, 0.3) is 5.91 Å². The van der Waals surface area contributed by atoms with E-state index in [2.05, 4.69) is 5.32 Å². The van der Waals surface area contributed by atoms with E-state index in [0.29, 0.717) is 17.7 Å². The average molecular weight is 284 g/mol. The number of hydrogen-bond donors (Lipinski definition) is 2. The molecule has 0 spiro atoms. The van der Waals surface area contributed by atoms with Crippen LogP contribution in [0, 0.1) is 0 Å². The maximum absolute atomic E-state index is 12.3. The van der Waals surface area contributed by atoms with Gasteiger partial charge in [0.15, 0.2) is 0 Å². The molecule has 5 nitrogen and oxygen atoms in total. The Bertz CT molecular complexity index is 479. The first-order valence-electron chi connectivity index (χ1n) is 6.01. The number of amides is 2. The Morgan fingerprint density at radius 1 is 1.37 bits per heavy atom. The van der Waals surface area contributed by atoms with Crippen molar-refractivity contribution in [2.45, 2.75) is 13.0 Å². The van der Waals surface area contributed by atoms with Crippen LogP contribution in [0.4, 0.5) is 0 Å². The highest BCUT2D eigenvalue weighted by Crippen LogP contribution is 2.12. The number of benzene rings is 1. The lowest BCUT2D eigenvalue weighted by atomic mass is 10.1. The van der Waals surface area contributed by atoms with Gasteiger partial charge in [0, 0.05) is 36.8 Å². The molecule has 0 bridgehead atoms. The van der Waals surface area contributed by atoms with Crippen LogP contribution in [0.5, 0.6) is 0 Å². The maximum atomic E-state index is 12.3. The van der Waals surface area contributed by atoms with Crippen LogP contribution < -0.4 is 11.1 Å². The van der Waals surface area contributed by atoms with Crippen molar-refractivity contribution < 1.29 is 9.59 Å². The first-order chi connectivity index (χ1) is 8.59. The van der Waals surface area contributed by atoms with Gasteiger partial charge in [-0.05, 0) is 25.1 Å². The minimum absolute atomic E-state index is 0.